The van der Waals surface area contributed by atoms with Gasteiger partial charge in [-0.25, -0.2) is 29.0 Å². The van der Waals surface area contributed by atoms with Crippen LogP contribution in [0.15, 0.2) is 48.5 Å². The molecule has 0 heterocycles. The summed E-state index contributed by atoms with van der Waals surface area (Å²) in [4.78, 5) is 57.5. The van der Waals surface area contributed by atoms with Crippen LogP contribution in [-0.2, 0) is 14.5 Å². The predicted octanol–water partition coefficient (Wildman–Crippen LogP) is 4.04. The van der Waals surface area contributed by atoms with Gasteiger partial charge in [-0.05, 0) is 52.0 Å². The highest BCUT2D eigenvalue weighted by atomic mass is 17.2. The Bertz CT molecular complexity index is 995. The topological polar surface area (TPSA) is 126 Å². The van der Waals surface area contributed by atoms with Crippen LogP contribution in [0.4, 0.5) is 9.59 Å². The Hall–Kier alpha value is -4.08. The van der Waals surface area contributed by atoms with E-state index in [0.29, 0.717) is 6.54 Å². The number of rotatable bonds is 5. The molecular weight excluding hydrogens is 422 g/mol. The van der Waals surface area contributed by atoms with Crippen molar-refractivity contribution in [2.24, 2.45) is 0 Å². The quantitative estimate of drug-likeness (QED) is 0.314. The number of amides is 1. The summed E-state index contributed by atoms with van der Waals surface area (Å²) in [5.74, 6) is -2.42. The molecule has 0 atom stereocenters. The Morgan fingerprint density at radius 2 is 1.25 bits per heavy atom. The molecule has 0 aliphatic rings. The van der Waals surface area contributed by atoms with Crippen LogP contribution < -0.4 is 14.8 Å². The van der Waals surface area contributed by atoms with Crippen LogP contribution in [0.5, 0.6) is 11.5 Å². The lowest BCUT2D eigenvalue weighted by Gasteiger charge is -2.19. The summed E-state index contributed by atoms with van der Waals surface area (Å²) >= 11 is 0. The van der Waals surface area contributed by atoms with Crippen LogP contribution in [-0.4, -0.2) is 36.3 Å². The van der Waals surface area contributed by atoms with Gasteiger partial charge in [-0.1, -0.05) is 24.3 Å². The molecule has 0 aliphatic heterocycles. The lowest BCUT2D eigenvalue weighted by Crippen LogP contribution is -2.27. The van der Waals surface area contributed by atoms with Crippen LogP contribution >= 0.6 is 0 Å². The van der Waals surface area contributed by atoms with Gasteiger partial charge in [-0.15, -0.1) is 0 Å². The molecule has 1 amide bonds. The van der Waals surface area contributed by atoms with Gasteiger partial charge >= 0.3 is 24.2 Å². The lowest BCUT2D eigenvalue weighted by atomic mass is 10.2. The second kappa shape index (κ2) is 10.8. The Morgan fingerprint density at radius 3 is 1.72 bits per heavy atom. The van der Waals surface area contributed by atoms with E-state index in [1.54, 1.807) is 33.8 Å². The average molecular weight is 445 g/mol. The molecule has 10 heteroatoms. The van der Waals surface area contributed by atoms with Crippen LogP contribution in [0.25, 0.3) is 0 Å². The fourth-order valence-electron chi connectivity index (χ4n) is 2.25. The SMILES string of the molecule is CCNC(=O)Oc1ccccc1C(=O)OOC(=O)c1ccccc1OC(=O)OC(C)(C)C. The average Bonchev–Trinajstić information content (AvgIpc) is 2.71. The van der Waals surface area contributed by atoms with Crippen LogP contribution in [0.1, 0.15) is 48.4 Å². The van der Waals surface area contributed by atoms with E-state index in [9.17, 15) is 19.2 Å². The first-order chi connectivity index (χ1) is 15.1. The first-order valence-corrected chi connectivity index (χ1v) is 9.58. The molecule has 0 unspecified atom stereocenters. The van der Waals surface area contributed by atoms with Crippen LogP contribution in [0, 0.1) is 0 Å². The van der Waals surface area contributed by atoms with E-state index in [-0.39, 0.29) is 22.6 Å². The monoisotopic (exact) mass is 445 g/mol. The standard InChI is InChI=1S/C22H23NO9/c1-5-23-20(26)28-16-12-8-6-10-14(16)18(24)31-32-19(25)15-11-7-9-13-17(15)29-21(27)30-22(2,3)4/h6-13H,5H2,1-4H3,(H,23,26). The lowest BCUT2D eigenvalue weighted by molar-refractivity contribution is -0.187. The summed E-state index contributed by atoms with van der Waals surface area (Å²) in [5, 5.41) is 2.42. The predicted molar refractivity (Wildman–Crippen MR) is 110 cm³/mol. The van der Waals surface area contributed by atoms with E-state index in [1.807, 2.05) is 0 Å². The Morgan fingerprint density at radius 1 is 0.781 bits per heavy atom. The summed E-state index contributed by atoms with van der Waals surface area (Å²) in [7, 11) is 0. The second-order valence-corrected chi connectivity index (χ2v) is 7.22. The Labute approximate surface area is 184 Å². The van der Waals surface area contributed by atoms with Crippen molar-refractivity contribution in [3.63, 3.8) is 0 Å². The van der Waals surface area contributed by atoms with Gasteiger partial charge in [-0.3, -0.25) is 0 Å². The number of hydrogen-bond donors (Lipinski definition) is 1. The molecule has 10 nitrogen and oxygen atoms in total. The molecule has 32 heavy (non-hydrogen) atoms. The highest BCUT2D eigenvalue weighted by molar-refractivity contribution is 5.96. The normalized spacial score (nSPS) is 10.5. The highest BCUT2D eigenvalue weighted by Gasteiger charge is 2.24. The summed E-state index contributed by atoms with van der Waals surface area (Å²) < 4.78 is 15.1. The first kappa shape index (κ1) is 24.2. The maximum atomic E-state index is 12.4. The number of benzene rings is 2. The van der Waals surface area contributed by atoms with Gasteiger partial charge in [0.05, 0.1) is 0 Å². The Kier molecular flexibility index (Phi) is 8.17. The van der Waals surface area contributed by atoms with Gasteiger partial charge in [0, 0.05) is 6.54 Å². The van der Waals surface area contributed by atoms with Gasteiger partial charge in [0.25, 0.3) is 0 Å². The molecule has 0 fully saturated rings. The van der Waals surface area contributed by atoms with Crippen molar-refractivity contribution < 1.29 is 43.2 Å². The maximum absolute atomic E-state index is 12.4. The van der Waals surface area contributed by atoms with E-state index < -0.39 is 29.8 Å². The van der Waals surface area contributed by atoms with E-state index >= 15 is 0 Å². The zero-order valence-corrected chi connectivity index (χ0v) is 18.0. The van der Waals surface area contributed by atoms with Crippen molar-refractivity contribution in [1.29, 1.82) is 0 Å². The zero-order valence-electron chi connectivity index (χ0n) is 18.0. The van der Waals surface area contributed by atoms with Crippen molar-refractivity contribution in [1.82, 2.24) is 5.32 Å². The van der Waals surface area contributed by atoms with Gasteiger partial charge in [-0.2, -0.15) is 0 Å². The number of carbonyl (C=O) groups is 4. The minimum atomic E-state index is -1.10. The summed E-state index contributed by atoms with van der Waals surface area (Å²) in [5.41, 5.74) is -1.13. The van der Waals surface area contributed by atoms with Gasteiger partial charge < -0.3 is 19.5 Å². The molecule has 0 radical (unpaired) electrons. The molecule has 2 aromatic rings. The van der Waals surface area contributed by atoms with E-state index in [0.717, 1.165) is 0 Å². The highest BCUT2D eigenvalue weighted by Crippen LogP contribution is 2.22. The number of ether oxygens (including phenoxy) is 3. The van der Waals surface area contributed by atoms with Gasteiger partial charge in [0.2, 0.25) is 0 Å². The molecule has 0 spiro atoms. The van der Waals surface area contributed by atoms with Crippen molar-refractivity contribution in [3.8, 4) is 11.5 Å². The molecule has 1 N–H and O–H groups in total. The molecule has 170 valence electrons. The third kappa shape index (κ3) is 7.31. The van der Waals surface area contributed by atoms with Crippen molar-refractivity contribution in [2.45, 2.75) is 33.3 Å². The summed E-state index contributed by atoms with van der Waals surface area (Å²) in [6.07, 6.45) is -1.79. The molecule has 0 saturated carbocycles. The molecule has 2 aromatic carbocycles. The van der Waals surface area contributed by atoms with Gasteiger partial charge in [0.15, 0.2) is 0 Å². The third-order valence-electron chi connectivity index (χ3n) is 3.51. The van der Waals surface area contributed by atoms with Crippen molar-refractivity contribution >= 4 is 24.2 Å². The number of hydrogen-bond acceptors (Lipinski definition) is 9. The zero-order chi connectivity index (χ0) is 23.7. The minimum absolute atomic E-state index is 0.0897. The van der Waals surface area contributed by atoms with Gasteiger partial charge in [0.1, 0.15) is 28.2 Å². The second-order valence-electron chi connectivity index (χ2n) is 7.22. The molecule has 0 saturated heterocycles. The Balaban J connectivity index is 2.07. The van der Waals surface area contributed by atoms with Crippen molar-refractivity contribution in [2.75, 3.05) is 6.54 Å². The fraction of sp³-hybridized carbons (Fsp3) is 0.273. The minimum Gasteiger partial charge on any atom is -0.428 e. The number of nitrogens with one attached hydrogen (secondary N) is 1. The first-order valence-electron chi connectivity index (χ1n) is 9.58. The molecule has 0 bridgehead atoms. The van der Waals surface area contributed by atoms with E-state index in [4.69, 9.17) is 14.2 Å². The van der Waals surface area contributed by atoms with Crippen LogP contribution in [0.3, 0.4) is 0 Å². The molecule has 0 aromatic heterocycles. The fourth-order valence-corrected chi connectivity index (χ4v) is 2.25. The smallest absolute Gasteiger partial charge is 0.428 e. The number of para-hydroxylation sites is 2. The largest absolute Gasteiger partial charge is 0.514 e. The summed E-state index contributed by atoms with van der Waals surface area (Å²) in [6.45, 7) is 6.99. The summed E-state index contributed by atoms with van der Waals surface area (Å²) in [6, 6.07) is 11.4. The number of carbonyl (C=O) groups excluding carboxylic acids is 4. The maximum Gasteiger partial charge on any atom is 0.514 e. The van der Waals surface area contributed by atoms with Crippen LogP contribution in [0.2, 0.25) is 0 Å². The molecular formula is C22H23NO9. The van der Waals surface area contributed by atoms with E-state index in [1.165, 1.54) is 42.5 Å². The molecule has 2 rings (SSSR count). The van der Waals surface area contributed by atoms with Crippen molar-refractivity contribution in [3.05, 3.63) is 59.7 Å². The third-order valence-corrected chi connectivity index (χ3v) is 3.51. The molecule has 0 aliphatic carbocycles. The van der Waals surface area contributed by atoms with E-state index in [2.05, 4.69) is 15.1 Å².